The quantitative estimate of drug-likeness (QED) is 0.558. The summed E-state index contributed by atoms with van der Waals surface area (Å²) in [6.07, 6.45) is 14.4. The summed E-state index contributed by atoms with van der Waals surface area (Å²) in [6.45, 7) is 10.7. The Balaban J connectivity index is 1.85. The minimum Gasteiger partial charge on any atom is -0.309 e. The molecule has 0 radical (unpaired) electrons. The molecule has 20 heavy (non-hydrogen) atoms. The summed E-state index contributed by atoms with van der Waals surface area (Å²) < 4.78 is 0. The van der Waals surface area contributed by atoms with E-state index < -0.39 is 0 Å². The number of piperazine rings is 1. The van der Waals surface area contributed by atoms with Crippen LogP contribution in [-0.4, -0.2) is 36.6 Å². The molecule has 0 aliphatic carbocycles. The molecule has 1 fully saturated rings. The average molecular weight is 283 g/mol. The van der Waals surface area contributed by atoms with Crippen LogP contribution in [0.15, 0.2) is 0 Å². The zero-order valence-electron chi connectivity index (χ0n) is 14.3. The van der Waals surface area contributed by atoms with Gasteiger partial charge in [0.2, 0.25) is 0 Å². The van der Waals surface area contributed by atoms with Crippen molar-refractivity contribution in [3.63, 3.8) is 0 Å². The highest BCUT2D eigenvalue weighted by molar-refractivity contribution is 4.80. The minimum atomic E-state index is 0.668. The Kier molecular flexibility index (Phi) is 10.4. The fourth-order valence-electron chi connectivity index (χ4n) is 3.45. The van der Waals surface area contributed by atoms with E-state index in [4.69, 9.17) is 0 Å². The van der Waals surface area contributed by atoms with E-state index in [0.717, 1.165) is 0 Å². The van der Waals surface area contributed by atoms with Gasteiger partial charge in [-0.1, -0.05) is 64.7 Å². The number of hydrogen-bond acceptors (Lipinski definition) is 2. The summed E-state index contributed by atoms with van der Waals surface area (Å²) in [5, 5.41) is 3.61. The molecule has 1 rings (SSSR count). The van der Waals surface area contributed by atoms with Crippen LogP contribution in [0, 0.1) is 0 Å². The number of rotatable bonds is 11. The lowest BCUT2D eigenvalue weighted by molar-refractivity contribution is 0.170. The molecule has 1 aliphatic heterocycles. The molecule has 0 aromatic heterocycles. The van der Waals surface area contributed by atoms with Crippen LogP contribution >= 0.6 is 0 Å². The van der Waals surface area contributed by atoms with Gasteiger partial charge in [0.1, 0.15) is 0 Å². The molecule has 2 heteroatoms. The van der Waals surface area contributed by atoms with Crippen LogP contribution in [0.25, 0.3) is 0 Å². The Morgan fingerprint density at radius 1 is 0.750 bits per heavy atom. The Labute approximate surface area is 127 Å². The van der Waals surface area contributed by atoms with Crippen LogP contribution in [0.5, 0.6) is 0 Å². The number of nitrogens with zero attached hydrogens (tertiary/aromatic N) is 1. The highest BCUT2D eigenvalue weighted by atomic mass is 15.2. The maximum atomic E-state index is 3.61. The average Bonchev–Trinajstić information content (AvgIpc) is 2.40. The third-order valence-electron chi connectivity index (χ3n) is 4.46. The van der Waals surface area contributed by atoms with Crippen molar-refractivity contribution in [3.05, 3.63) is 0 Å². The van der Waals surface area contributed by atoms with Crippen molar-refractivity contribution in [1.29, 1.82) is 0 Å². The van der Waals surface area contributed by atoms with E-state index in [0.29, 0.717) is 12.1 Å². The van der Waals surface area contributed by atoms with Gasteiger partial charge in [-0.05, 0) is 26.8 Å². The summed E-state index contributed by atoms with van der Waals surface area (Å²) in [4.78, 5) is 2.65. The van der Waals surface area contributed by atoms with E-state index in [1.807, 2.05) is 0 Å². The van der Waals surface area contributed by atoms with Crippen LogP contribution in [-0.2, 0) is 0 Å². The van der Waals surface area contributed by atoms with E-state index in [-0.39, 0.29) is 0 Å². The normalized spacial score (nSPS) is 24.1. The molecular formula is C18H38N2. The molecule has 1 N–H and O–H groups in total. The molecule has 120 valence electrons. The largest absolute Gasteiger partial charge is 0.309 e. The monoisotopic (exact) mass is 282 g/mol. The van der Waals surface area contributed by atoms with E-state index in [1.165, 1.54) is 83.8 Å². The van der Waals surface area contributed by atoms with Gasteiger partial charge in [-0.25, -0.2) is 0 Å². The van der Waals surface area contributed by atoms with Crippen molar-refractivity contribution in [2.24, 2.45) is 0 Å². The molecule has 0 aromatic rings. The van der Waals surface area contributed by atoms with Gasteiger partial charge in [0.25, 0.3) is 0 Å². The molecular weight excluding hydrogens is 244 g/mol. The zero-order chi connectivity index (χ0) is 14.6. The van der Waals surface area contributed by atoms with Crippen LogP contribution in [0.3, 0.4) is 0 Å². The third kappa shape index (κ3) is 8.97. The Hall–Kier alpha value is -0.0800. The first-order chi connectivity index (χ1) is 9.72. The second-order valence-electron chi connectivity index (χ2n) is 6.91. The van der Waals surface area contributed by atoms with Gasteiger partial charge in [-0.15, -0.1) is 0 Å². The lowest BCUT2D eigenvalue weighted by Gasteiger charge is -2.36. The summed E-state index contributed by atoms with van der Waals surface area (Å²) in [6, 6.07) is 1.34. The lowest BCUT2D eigenvalue weighted by Crippen LogP contribution is -2.54. The standard InChI is InChI=1S/C18H38N2/c1-4-5-6-7-8-9-10-11-12-13-14-20-15-17(2)19-18(3)16-20/h17-19H,4-16H2,1-3H3. The van der Waals surface area contributed by atoms with Crippen LogP contribution < -0.4 is 5.32 Å². The second-order valence-corrected chi connectivity index (χ2v) is 6.91. The first-order valence-corrected chi connectivity index (χ1v) is 9.20. The summed E-state index contributed by atoms with van der Waals surface area (Å²) in [5.74, 6) is 0. The van der Waals surface area contributed by atoms with E-state index in [2.05, 4.69) is 31.0 Å². The van der Waals surface area contributed by atoms with Gasteiger partial charge in [0, 0.05) is 25.2 Å². The molecule has 2 atom stereocenters. The van der Waals surface area contributed by atoms with Gasteiger partial charge < -0.3 is 10.2 Å². The number of unbranched alkanes of at least 4 members (excludes halogenated alkanes) is 9. The van der Waals surface area contributed by atoms with Gasteiger partial charge in [-0.3, -0.25) is 0 Å². The van der Waals surface area contributed by atoms with E-state index >= 15 is 0 Å². The molecule has 1 aliphatic rings. The van der Waals surface area contributed by atoms with Crippen molar-refractivity contribution >= 4 is 0 Å². The predicted octanol–water partition coefficient (Wildman–Crippen LogP) is 4.59. The zero-order valence-corrected chi connectivity index (χ0v) is 14.3. The van der Waals surface area contributed by atoms with Crippen LogP contribution in [0.4, 0.5) is 0 Å². The summed E-state index contributed by atoms with van der Waals surface area (Å²) >= 11 is 0. The molecule has 0 amide bonds. The van der Waals surface area contributed by atoms with Crippen molar-refractivity contribution in [1.82, 2.24) is 10.2 Å². The predicted molar refractivity (Wildman–Crippen MR) is 90.3 cm³/mol. The second kappa shape index (κ2) is 11.6. The maximum absolute atomic E-state index is 3.61. The smallest absolute Gasteiger partial charge is 0.0169 e. The van der Waals surface area contributed by atoms with Gasteiger partial charge in [-0.2, -0.15) is 0 Å². The van der Waals surface area contributed by atoms with Crippen LogP contribution in [0.1, 0.15) is 85.0 Å². The fourth-order valence-corrected chi connectivity index (χ4v) is 3.45. The van der Waals surface area contributed by atoms with Crippen molar-refractivity contribution in [2.75, 3.05) is 19.6 Å². The van der Waals surface area contributed by atoms with Crippen molar-refractivity contribution < 1.29 is 0 Å². The van der Waals surface area contributed by atoms with Gasteiger partial charge >= 0.3 is 0 Å². The van der Waals surface area contributed by atoms with Crippen molar-refractivity contribution in [3.8, 4) is 0 Å². The first kappa shape index (κ1) is 18.0. The maximum Gasteiger partial charge on any atom is 0.0169 e. The molecule has 2 unspecified atom stereocenters. The SMILES string of the molecule is CCCCCCCCCCCCN1CC(C)NC(C)C1. The molecule has 2 nitrogen and oxygen atoms in total. The van der Waals surface area contributed by atoms with E-state index in [1.54, 1.807) is 0 Å². The summed E-state index contributed by atoms with van der Waals surface area (Å²) in [5.41, 5.74) is 0. The Morgan fingerprint density at radius 2 is 1.20 bits per heavy atom. The van der Waals surface area contributed by atoms with Gasteiger partial charge in [0.05, 0.1) is 0 Å². The topological polar surface area (TPSA) is 15.3 Å². The fraction of sp³-hybridized carbons (Fsp3) is 1.00. The molecule has 0 aromatic carbocycles. The molecule has 1 heterocycles. The Bertz CT molecular complexity index is 207. The van der Waals surface area contributed by atoms with Crippen LogP contribution in [0.2, 0.25) is 0 Å². The highest BCUT2D eigenvalue weighted by Gasteiger charge is 2.19. The summed E-state index contributed by atoms with van der Waals surface area (Å²) in [7, 11) is 0. The highest BCUT2D eigenvalue weighted by Crippen LogP contribution is 2.11. The Morgan fingerprint density at radius 3 is 1.70 bits per heavy atom. The molecule has 0 spiro atoms. The van der Waals surface area contributed by atoms with E-state index in [9.17, 15) is 0 Å². The van der Waals surface area contributed by atoms with Gasteiger partial charge in [0.15, 0.2) is 0 Å². The van der Waals surface area contributed by atoms with Crippen molar-refractivity contribution in [2.45, 2.75) is 97.1 Å². The first-order valence-electron chi connectivity index (χ1n) is 9.20. The number of hydrogen-bond donors (Lipinski definition) is 1. The third-order valence-corrected chi connectivity index (χ3v) is 4.46. The minimum absolute atomic E-state index is 0.668. The molecule has 1 saturated heterocycles. The lowest BCUT2D eigenvalue weighted by atomic mass is 10.1. The number of nitrogens with one attached hydrogen (secondary N) is 1. The molecule has 0 saturated carbocycles. The molecule has 0 bridgehead atoms.